The fourth-order valence-corrected chi connectivity index (χ4v) is 4.28. The Balaban J connectivity index is 1.73. The van der Waals surface area contributed by atoms with Crippen molar-refractivity contribution in [2.75, 3.05) is 25.4 Å². The number of benzene rings is 1. The largest absolute Gasteiger partial charge is 0.481 e. The molecule has 0 bridgehead atoms. The monoisotopic (exact) mass is 321 g/mol. The summed E-state index contributed by atoms with van der Waals surface area (Å²) in [6.07, 6.45) is 0.534. The van der Waals surface area contributed by atoms with Crippen LogP contribution in [0.1, 0.15) is 22.8 Å². The van der Waals surface area contributed by atoms with Gasteiger partial charge in [0.2, 0.25) is 5.91 Å². The third kappa shape index (κ3) is 3.28. The third-order valence-corrected chi connectivity index (χ3v) is 5.30. The van der Waals surface area contributed by atoms with E-state index < -0.39 is 12.1 Å². The number of carboxylic acid groups (broad SMARTS) is 1. The topological polar surface area (TPSA) is 66.8 Å². The van der Waals surface area contributed by atoms with Gasteiger partial charge in [0, 0.05) is 13.1 Å². The highest BCUT2D eigenvalue weighted by atomic mass is 32.2. The maximum atomic E-state index is 12.8. The van der Waals surface area contributed by atoms with E-state index in [1.165, 1.54) is 5.56 Å². The number of carbonyl (C=O) groups is 2. The van der Waals surface area contributed by atoms with Gasteiger partial charge in [0.15, 0.2) is 0 Å². The Bertz CT molecular complexity index is 577. The maximum absolute atomic E-state index is 12.8. The van der Waals surface area contributed by atoms with Gasteiger partial charge in [-0.25, -0.2) is 0 Å². The van der Waals surface area contributed by atoms with Crippen molar-refractivity contribution in [3.05, 3.63) is 35.4 Å². The van der Waals surface area contributed by atoms with Crippen LogP contribution in [0.15, 0.2) is 24.3 Å². The molecule has 0 spiro atoms. The number of hydrogen-bond acceptors (Lipinski definition) is 4. The molecule has 6 heteroatoms. The molecule has 118 valence electrons. The van der Waals surface area contributed by atoms with Crippen LogP contribution < -0.4 is 0 Å². The van der Waals surface area contributed by atoms with Gasteiger partial charge in [0.05, 0.1) is 19.1 Å². The number of ether oxygens (including phenoxy) is 1. The summed E-state index contributed by atoms with van der Waals surface area (Å²) in [6, 6.07) is 8.09. The second kappa shape index (κ2) is 6.71. The summed E-state index contributed by atoms with van der Waals surface area (Å²) < 4.78 is 5.44. The zero-order valence-electron chi connectivity index (χ0n) is 12.2. The number of thioether (sulfide) groups is 1. The molecule has 1 amide bonds. The van der Waals surface area contributed by atoms with Crippen molar-refractivity contribution < 1.29 is 19.4 Å². The Morgan fingerprint density at radius 1 is 1.36 bits per heavy atom. The molecule has 0 aliphatic carbocycles. The van der Waals surface area contributed by atoms with Crippen LogP contribution in [-0.2, 0) is 20.7 Å². The van der Waals surface area contributed by atoms with Gasteiger partial charge in [0.1, 0.15) is 5.25 Å². The lowest BCUT2D eigenvalue weighted by atomic mass is 10.0. The first kappa shape index (κ1) is 15.4. The Morgan fingerprint density at radius 2 is 2.18 bits per heavy atom. The van der Waals surface area contributed by atoms with E-state index in [-0.39, 0.29) is 17.6 Å². The number of fused-ring (bicyclic) bond motifs is 1. The summed E-state index contributed by atoms with van der Waals surface area (Å²) in [7, 11) is 0. The van der Waals surface area contributed by atoms with Crippen LogP contribution in [0.25, 0.3) is 0 Å². The molecule has 2 aliphatic heterocycles. The Morgan fingerprint density at radius 3 is 3.00 bits per heavy atom. The van der Waals surface area contributed by atoms with Crippen molar-refractivity contribution in [1.82, 2.24) is 4.90 Å². The van der Waals surface area contributed by atoms with Crippen LogP contribution >= 0.6 is 11.8 Å². The van der Waals surface area contributed by atoms with Crippen LogP contribution in [0, 0.1) is 0 Å². The number of carbonyl (C=O) groups excluding carboxylic acids is 1. The maximum Gasteiger partial charge on any atom is 0.306 e. The van der Waals surface area contributed by atoms with E-state index in [0.29, 0.717) is 19.7 Å². The molecule has 0 unspecified atom stereocenters. The van der Waals surface area contributed by atoms with Crippen molar-refractivity contribution >= 4 is 23.6 Å². The first-order chi connectivity index (χ1) is 10.6. The molecular weight excluding hydrogens is 302 g/mol. The van der Waals surface area contributed by atoms with Crippen molar-refractivity contribution in [3.63, 3.8) is 0 Å². The molecule has 2 heterocycles. The normalized spacial score (nSPS) is 24.6. The molecule has 2 atom stereocenters. The van der Waals surface area contributed by atoms with Crippen LogP contribution in [-0.4, -0.2) is 53.4 Å². The number of aryl methyl sites for hydroxylation is 1. The van der Waals surface area contributed by atoms with Gasteiger partial charge in [-0.05, 0) is 23.3 Å². The van der Waals surface area contributed by atoms with Gasteiger partial charge in [0.25, 0.3) is 0 Å². The summed E-state index contributed by atoms with van der Waals surface area (Å²) in [5, 5.41) is 8.71. The first-order valence-electron chi connectivity index (χ1n) is 7.46. The lowest BCUT2D eigenvalue weighted by Gasteiger charge is -2.35. The summed E-state index contributed by atoms with van der Waals surface area (Å²) in [4.78, 5) is 25.4. The number of aliphatic carboxylic acids is 1. The number of rotatable bonds is 3. The second-order valence-electron chi connectivity index (χ2n) is 5.57. The van der Waals surface area contributed by atoms with E-state index in [4.69, 9.17) is 9.84 Å². The fraction of sp³-hybridized carbons (Fsp3) is 0.500. The summed E-state index contributed by atoms with van der Waals surface area (Å²) in [5.74, 6) is 0.128. The zero-order valence-corrected chi connectivity index (χ0v) is 13.1. The lowest BCUT2D eigenvalue weighted by molar-refractivity contribution is -0.147. The number of amides is 1. The summed E-state index contributed by atoms with van der Waals surface area (Å²) in [6.45, 7) is 1.31. The summed E-state index contributed by atoms with van der Waals surface area (Å²) in [5.41, 5.74) is 2.35. The Kier molecular flexibility index (Phi) is 4.69. The molecule has 22 heavy (non-hydrogen) atoms. The van der Waals surface area contributed by atoms with Gasteiger partial charge in [-0.1, -0.05) is 24.3 Å². The van der Waals surface area contributed by atoms with Gasteiger partial charge in [-0.15, -0.1) is 11.8 Å². The standard InChI is InChI=1S/C16H19NO4S/c18-14(19)9-12-10-17(6-7-21-12)16(20)15-13-4-2-1-3-11(13)5-8-22-15/h1-4,12,15H,5-10H2,(H,18,19)/t12-,15+/m1/s1. The smallest absolute Gasteiger partial charge is 0.306 e. The Labute approximate surface area is 133 Å². The van der Waals surface area contributed by atoms with E-state index >= 15 is 0 Å². The molecule has 1 saturated heterocycles. The molecule has 1 N–H and O–H groups in total. The van der Waals surface area contributed by atoms with Crippen molar-refractivity contribution in [2.24, 2.45) is 0 Å². The third-order valence-electron chi connectivity index (χ3n) is 4.07. The van der Waals surface area contributed by atoms with E-state index in [0.717, 1.165) is 17.7 Å². The molecule has 0 saturated carbocycles. The predicted molar refractivity (Wildman–Crippen MR) is 83.9 cm³/mol. The summed E-state index contributed by atoms with van der Waals surface area (Å²) >= 11 is 1.67. The average Bonchev–Trinajstić information content (AvgIpc) is 2.53. The highest BCUT2D eigenvalue weighted by molar-refractivity contribution is 8.00. The number of morpholine rings is 1. The average molecular weight is 321 g/mol. The van der Waals surface area contributed by atoms with Gasteiger partial charge in [-0.2, -0.15) is 0 Å². The molecule has 3 rings (SSSR count). The Hall–Kier alpha value is -1.53. The fourth-order valence-electron chi connectivity index (χ4n) is 3.00. The lowest BCUT2D eigenvalue weighted by Crippen LogP contribution is -2.47. The van der Waals surface area contributed by atoms with Crippen LogP contribution in [0.5, 0.6) is 0 Å². The molecule has 1 aromatic rings. The molecular formula is C16H19NO4S. The molecule has 1 fully saturated rings. The van der Waals surface area contributed by atoms with Gasteiger partial charge in [-0.3, -0.25) is 9.59 Å². The minimum absolute atomic E-state index is 0.0574. The number of hydrogen-bond donors (Lipinski definition) is 1. The van der Waals surface area contributed by atoms with Crippen molar-refractivity contribution in [2.45, 2.75) is 24.2 Å². The van der Waals surface area contributed by atoms with E-state index in [1.54, 1.807) is 16.7 Å². The van der Waals surface area contributed by atoms with E-state index in [9.17, 15) is 9.59 Å². The van der Waals surface area contributed by atoms with Crippen molar-refractivity contribution in [1.29, 1.82) is 0 Å². The second-order valence-corrected chi connectivity index (χ2v) is 6.79. The highest BCUT2D eigenvalue weighted by Crippen LogP contribution is 2.38. The number of nitrogens with zero attached hydrogens (tertiary/aromatic N) is 1. The minimum Gasteiger partial charge on any atom is -0.481 e. The van der Waals surface area contributed by atoms with Gasteiger partial charge < -0.3 is 14.7 Å². The molecule has 1 aromatic carbocycles. The van der Waals surface area contributed by atoms with Crippen LogP contribution in [0.3, 0.4) is 0 Å². The first-order valence-corrected chi connectivity index (χ1v) is 8.51. The van der Waals surface area contributed by atoms with Crippen LogP contribution in [0.4, 0.5) is 0 Å². The van der Waals surface area contributed by atoms with Crippen LogP contribution in [0.2, 0.25) is 0 Å². The quantitative estimate of drug-likeness (QED) is 0.918. The minimum atomic E-state index is -0.892. The number of carboxylic acids is 1. The molecule has 2 aliphatic rings. The SMILES string of the molecule is O=C(O)C[C@@H]1CN(C(=O)[C@H]2SCCc3ccccc32)CCO1. The molecule has 0 radical (unpaired) electrons. The molecule has 0 aromatic heterocycles. The molecule has 5 nitrogen and oxygen atoms in total. The van der Waals surface area contributed by atoms with Crippen molar-refractivity contribution in [3.8, 4) is 0 Å². The predicted octanol–water partition coefficient (Wildman–Crippen LogP) is 1.72. The zero-order chi connectivity index (χ0) is 15.5. The van der Waals surface area contributed by atoms with E-state index in [2.05, 4.69) is 6.07 Å². The van der Waals surface area contributed by atoms with E-state index in [1.807, 2.05) is 18.2 Å². The van der Waals surface area contributed by atoms with Gasteiger partial charge >= 0.3 is 5.97 Å². The highest BCUT2D eigenvalue weighted by Gasteiger charge is 2.33.